The monoisotopic (exact) mass is 232 g/mol. The Labute approximate surface area is 96.0 Å². The van der Waals surface area contributed by atoms with E-state index in [1.807, 2.05) is 6.07 Å². The number of phenols is 1. The molecule has 0 atom stereocenters. The molecule has 0 spiro atoms. The molecule has 2 rings (SSSR count). The van der Waals surface area contributed by atoms with Gasteiger partial charge in [-0.2, -0.15) is 0 Å². The zero-order chi connectivity index (χ0) is 11.5. The van der Waals surface area contributed by atoms with Crippen molar-refractivity contribution in [1.29, 1.82) is 0 Å². The van der Waals surface area contributed by atoms with Gasteiger partial charge in [0.1, 0.15) is 5.75 Å². The minimum Gasteiger partial charge on any atom is -0.507 e. The van der Waals surface area contributed by atoms with Gasteiger partial charge in [0, 0.05) is 4.88 Å². The van der Waals surface area contributed by atoms with E-state index in [0.29, 0.717) is 11.2 Å². The van der Waals surface area contributed by atoms with Crippen LogP contribution in [0.25, 0.3) is 10.4 Å². The first-order valence-corrected chi connectivity index (χ1v) is 5.40. The van der Waals surface area contributed by atoms with Gasteiger partial charge >= 0.3 is 0 Å². The van der Waals surface area contributed by atoms with E-state index in [0.717, 1.165) is 16.7 Å². The predicted molar refractivity (Wildman–Crippen MR) is 62.2 cm³/mol. The molecule has 0 amide bonds. The Hall–Kier alpha value is -1.94. The Morgan fingerprint density at radius 3 is 2.44 bits per heavy atom. The normalized spacial score (nSPS) is 10.0. The molecule has 0 aliphatic carbocycles. The number of carbonyl (C=O) groups excluding carboxylic acids is 2. The van der Waals surface area contributed by atoms with Gasteiger partial charge < -0.3 is 5.11 Å². The molecule has 3 nitrogen and oxygen atoms in total. The SMILES string of the molecule is O=Cc1ccc(-c2ccc(C=O)c(O)c2)s1. The molecule has 0 fully saturated rings. The summed E-state index contributed by atoms with van der Waals surface area (Å²) in [6.45, 7) is 0. The first-order valence-electron chi connectivity index (χ1n) is 4.58. The lowest BCUT2D eigenvalue weighted by molar-refractivity contribution is 0.111. The summed E-state index contributed by atoms with van der Waals surface area (Å²) in [4.78, 5) is 22.6. The highest BCUT2D eigenvalue weighted by molar-refractivity contribution is 7.17. The van der Waals surface area contributed by atoms with Crippen LogP contribution in [-0.2, 0) is 0 Å². The molecule has 1 aromatic carbocycles. The van der Waals surface area contributed by atoms with Crippen molar-refractivity contribution >= 4 is 23.9 Å². The molecule has 0 radical (unpaired) electrons. The highest BCUT2D eigenvalue weighted by atomic mass is 32.1. The predicted octanol–water partition coefficient (Wildman–Crippen LogP) is 2.75. The van der Waals surface area contributed by atoms with Gasteiger partial charge in [0.15, 0.2) is 12.6 Å². The number of phenolic OH excluding ortho intramolecular Hbond substituents is 1. The van der Waals surface area contributed by atoms with Crippen molar-refractivity contribution in [3.8, 4) is 16.2 Å². The maximum atomic E-state index is 10.5. The van der Waals surface area contributed by atoms with E-state index in [1.54, 1.807) is 18.2 Å². The quantitative estimate of drug-likeness (QED) is 0.828. The third-order valence-corrected chi connectivity index (χ3v) is 3.24. The van der Waals surface area contributed by atoms with E-state index < -0.39 is 0 Å². The highest BCUT2D eigenvalue weighted by Gasteiger charge is 2.05. The second-order valence-corrected chi connectivity index (χ2v) is 4.33. The fourth-order valence-corrected chi connectivity index (χ4v) is 2.19. The molecular formula is C12H8O3S. The number of benzene rings is 1. The lowest BCUT2D eigenvalue weighted by atomic mass is 10.1. The molecule has 16 heavy (non-hydrogen) atoms. The third-order valence-electron chi connectivity index (χ3n) is 2.18. The van der Waals surface area contributed by atoms with Crippen LogP contribution < -0.4 is 0 Å². The first kappa shape index (κ1) is 10.6. The minimum atomic E-state index is -0.0476. The van der Waals surface area contributed by atoms with Crippen LogP contribution in [0.4, 0.5) is 0 Å². The van der Waals surface area contributed by atoms with E-state index in [2.05, 4.69) is 0 Å². The molecule has 0 aliphatic rings. The molecule has 0 aliphatic heterocycles. The second kappa shape index (κ2) is 4.28. The fourth-order valence-electron chi connectivity index (χ4n) is 1.37. The molecule has 1 N–H and O–H groups in total. The molecule has 0 saturated heterocycles. The number of thiophene rings is 1. The first-order chi connectivity index (χ1) is 7.74. The van der Waals surface area contributed by atoms with Crippen molar-refractivity contribution in [1.82, 2.24) is 0 Å². The van der Waals surface area contributed by atoms with Gasteiger partial charge in [-0.1, -0.05) is 6.07 Å². The van der Waals surface area contributed by atoms with Crippen molar-refractivity contribution in [2.75, 3.05) is 0 Å². The van der Waals surface area contributed by atoms with Crippen molar-refractivity contribution in [2.45, 2.75) is 0 Å². The van der Waals surface area contributed by atoms with Gasteiger partial charge in [0.2, 0.25) is 0 Å². The van der Waals surface area contributed by atoms with Crippen LogP contribution in [0.3, 0.4) is 0 Å². The fraction of sp³-hybridized carbons (Fsp3) is 0. The summed E-state index contributed by atoms with van der Waals surface area (Å²) >= 11 is 1.34. The molecule has 1 heterocycles. The van der Waals surface area contributed by atoms with E-state index in [-0.39, 0.29) is 11.3 Å². The summed E-state index contributed by atoms with van der Waals surface area (Å²) in [6, 6.07) is 8.34. The zero-order valence-electron chi connectivity index (χ0n) is 8.21. The second-order valence-electron chi connectivity index (χ2n) is 3.21. The summed E-state index contributed by atoms with van der Waals surface area (Å²) in [6.07, 6.45) is 1.39. The molecule has 80 valence electrons. The number of hydrogen-bond acceptors (Lipinski definition) is 4. The average Bonchev–Trinajstić information content (AvgIpc) is 2.77. The largest absolute Gasteiger partial charge is 0.507 e. The van der Waals surface area contributed by atoms with Crippen molar-refractivity contribution in [2.24, 2.45) is 0 Å². The Bertz CT molecular complexity index is 543. The van der Waals surface area contributed by atoms with Crippen LogP contribution in [0.5, 0.6) is 5.75 Å². The maximum absolute atomic E-state index is 10.5. The van der Waals surface area contributed by atoms with E-state index in [4.69, 9.17) is 0 Å². The number of carbonyl (C=O) groups is 2. The van der Waals surface area contributed by atoms with Gasteiger partial charge in [-0.25, -0.2) is 0 Å². The van der Waals surface area contributed by atoms with Crippen LogP contribution in [0.2, 0.25) is 0 Å². The minimum absolute atomic E-state index is 0.0476. The summed E-state index contributed by atoms with van der Waals surface area (Å²) in [5.41, 5.74) is 1.05. The maximum Gasteiger partial charge on any atom is 0.160 e. The van der Waals surface area contributed by atoms with Crippen LogP contribution in [-0.4, -0.2) is 17.7 Å². The lowest BCUT2D eigenvalue weighted by Crippen LogP contribution is -1.81. The summed E-state index contributed by atoms with van der Waals surface area (Å²) < 4.78 is 0. The van der Waals surface area contributed by atoms with Crippen LogP contribution in [0.15, 0.2) is 30.3 Å². The molecular weight excluding hydrogens is 224 g/mol. The molecule has 1 aromatic heterocycles. The van der Waals surface area contributed by atoms with E-state index in [9.17, 15) is 14.7 Å². The smallest absolute Gasteiger partial charge is 0.160 e. The Balaban J connectivity index is 2.44. The topological polar surface area (TPSA) is 54.4 Å². The molecule has 2 aromatic rings. The van der Waals surface area contributed by atoms with Gasteiger partial charge in [-0.3, -0.25) is 9.59 Å². The van der Waals surface area contributed by atoms with Crippen molar-refractivity contribution in [3.63, 3.8) is 0 Å². The Morgan fingerprint density at radius 1 is 1.06 bits per heavy atom. The summed E-state index contributed by atoms with van der Waals surface area (Å²) in [7, 11) is 0. The number of rotatable bonds is 3. The van der Waals surface area contributed by atoms with Gasteiger partial charge in [-0.15, -0.1) is 11.3 Å². The Morgan fingerprint density at radius 2 is 1.88 bits per heavy atom. The van der Waals surface area contributed by atoms with E-state index in [1.165, 1.54) is 17.4 Å². The van der Waals surface area contributed by atoms with Crippen molar-refractivity contribution < 1.29 is 14.7 Å². The lowest BCUT2D eigenvalue weighted by Gasteiger charge is -2.00. The van der Waals surface area contributed by atoms with Crippen molar-refractivity contribution in [3.05, 3.63) is 40.8 Å². The average molecular weight is 232 g/mol. The van der Waals surface area contributed by atoms with E-state index >= 15 is 0 Å². The van der Waals surface area contributed by atoms with Crippen LogP contribution in [0, 0.1) is 0 Å². The third kappa shape index (κ3) is 1.87. The number of aromatic hydroxyl groups is 1. The Kier molecular flexibility index (Phi) is 2.83. The van der Waals surface area contributed by atoms with Gasteiger partial charge in [0.25, 0.3) is 0 Å². The number of hydrogen-bond donors (Lipinski definition) is 1. The zero-order valence-corrected chi connectivity index (χ0v) is 9.03. The molecule has 4 heteroatoms. The standard InChI is InChI=1S/C12H8O3S/c13-6-9-2-1-8(5-11(9)15)12-4-3-10(7-14)16-12/h1-7,15H. The van der Waals surface area contributed by atoms with Gasteiger partial charge in [-0.05, 0) is 29.8 Å². The number of aldehydes is 2. The molecule has 0 bridgehead atoms. The summed E-state index contributed by atoms with van der Waals surface area (Å²) in [5, 5.41) is 9.52. The van der Waals surface area contributed by atoms with Crippen LogP contribution >= 0.6 is 11.3 Å². The highest BCUT2D eigenvalue weighted by Crippen LogP contribution is 2.30. The molecule has 0 unspecified atom stereocenters. The van der Waals surface area contributed by atoms with Gasteiger partial charge in [0.05, 0.1) is 10.4 Å². The van der Waals surface area contributed by atoms with Crippen LogP contribution in [0.1, 0.15) is 20.0 Å². The molecule has 0 saturated carbocycles. The summed E-state index contributed by atoms with van der Waals surface area (Å²) in [5.74, 6) is -0.0476.